The van der Waals surface area contributed by atoms with Crippen molar-refractivity contribution in [1.29, 1.82) is 0 Å². The van der Waals surface area contributed by atoms with E-state index >= 15 is 0 Å². The quantitative estimate of drug-likeness (QED) is 0.438. The number of aromatic nitrogens is 4. The van der Waals surface area contributed by atoms with Gasteiger partial charge in [0.15, 0.2) is 5.65 Å². The summed E-state index contributed by atoms with van der Waals surface area (Å²) >= 11 is 1.91. The second-order valence-corrected chi connectivity index (χ2v) is 11.6. The Morgan fingerprint density at radius 1 is 1.24 bits per heavy atom. The van der Waals surface area contributed by atoms with E-state index in [-0.39, 0.29) is 5.91 Å². The van der Waals surface area contributed by atoms with E-state index in [0.717, 1.165) is 17.8 Å². The molecule has 2 bridgehead atoms. The normalized spacial score (nSPS) is 22.7. The zero-order valence-electron chi connectivity index (χ0n) is 20.5. The Labute approximate surface area is 203 Å². The van der Waals surface area contributed by atoms with Crippen molar-refractivity contribution in [3.63, 3.8) is 0 Å². The topological polar surface area (TPSA) is 92.3 Å². The van der Waals surface area contributed by atoms with Crippen LogP contribution in [0.25, 0.3) is 27.1 Å². The number of aryl methyl sites for hydroxylation is 2. The monoisotopic (exact) mass is 476 g/mol. The number of hydrogen-bond donors (Lipinski definition) is 2. The predicted octanol–water partition coefficient (Wildman–Crippen LogP) is 4.65. The Morgan fingerprint density at radius 3 is 2.74 bits per heavy atom. The van der Waals surface area contributed by atoms with Crippen LogP contribution in [-0.4, -0.2) is 49.5 Å². The molecule has 0 aromatic carbocycles. The Morgan fingerprint density at radius 2 is 2.03 bits per heavy atom. The number of H-pyrrole nitrogens is 1. The molecule has 1 saturated carbocycles. The number of fused-ring (bicyclic) bond motifs is 4. The van der Waals surface area contributed by atoms with Crippen molar-refractivity contribution in [2.45, 2.75) is 65.3 Å². The Balaban J connectivity index is 1.48. The third-order valence-electron chi connectivity index (χ3n) is 8.22. The number of pyridine rings is 1. The van der Waals surface area contributed by atoms with E-state index in [0.29, 0.717) is 30.3 Å². The fourth-order valence-electron chi connectivity index (χ4n) is 6.65. The number of carbonyl (C=O) groups is 1. The highest BCUT2D eigenvalue weighted by Crippen LogP contribution is 2.52. The summed E-state index contributed by atoms with van der Waals surface area (Å²) in [5.74, 6) is 1.32. The molecule has 7 nitrogen and oxygen atoms in total. The number of carbonyl (C=O) groups excluding carboxylic acids is 1. The molecule has 1 aliphatic carbocycles. The summed E-state index contributed by atoms with van der Waals surface area (Å²) in [6.07, 6.45) is 6.13. The average Bonchev–Trinajstić information content (AvgIpc) is 3.57. The number of piperidine rings is 1. The third-order valence-corrected chi connectivity index (χ3v) is 9.56. The molecule has 2 fully saturated rings. The molecule has 34 heavy (non-hydrogen) atoms. The lowest BCUT2D eigenvalue weighted by Gasteiger charge is -2.32. The van der Waals surface area contributed by atoms with Crippen LogP contribution in [0.1, 0.15) is 65.7 Å². The maximum Gasteiger partial charge on any atom is 0.231 e. The molecule has 4 aromatic heterocycles. The van der Waals surface area contributed by atoms with E-state index in [1.807, 2.05) is 15.9 Å². The summed E-state index contributed by atoms with van der Waals surface area (Å²) in [6, 6.07) is 0.431. The summed E-state index contributed by atoms with van der Waals surface area (Å²) in [5.41, 5.74) is 14.0. The molecule has 2 aliphatic rings. The predicted molar refractivity (Wildman–Crippen MR) is 136 cm³/mol. The van der Waals surface area contributed by atoms with Gasteiger partial charge in [-0.15, -0.1) is 11.3 Å². The molecule has 3 N–H and O–H groups in total. The lowest BCUT2D eigenvalue weighted by atomic mass is 9.90. The highest BCUT2D eigenvalue weighted by Gasteiger charge is 2.47. The maximum absolute atomic E-state index is 11.6. The van der Waals surface area contributed by atoms with Crippen molar-refractivity contribution in [3.8, 4) is 11.3 Å². The van der Waals surface area contributed by atoms with Gasteiger partial charge in [0, 0.05) is 40.5 Å². The van der Waals surface area contributed by atoms with Gasteiger partial charge in [-0.1, -0.05) is 13.8 Å². The molecule has 0 radical (unpaired) electrons. The number of aromatic amines is 1. The number of thiophene rings is 1. The Hall–Kier alpha value is -2.71. The molecule has 4 aromatic rings. The highest BCUT2D eigenvalue weighted by molar-refractivity contribution is 7.19. The largest absolute Gasteiger partial charge is 0.369 e. The number of primary amides is 1. The molecule has 1 aliphatic heterocycles. The van der Waals surface area contributed by atoms with Crippen LogP contribution in [0.15, 0.2) is 12.5 Å². The molecule has 5 heterocycles. The SMILES string of the molecule is Cc1c(-c2[nH]c3sc(C4C[C@H]5C[C@@H]4N(CC(N)=O)C5)c(C)c3c2C(C)C)cn2ncnc2c1C. The third kappa shape index (κ3) is 3.08. The van der Waals surface area contributed by atoms with Crippen LogP contribution in [0.4, 0.5) is 0 Å². The first-order valence-electron chi connectivity index (χ1n) is 12.2. The van der Waals surface area contributed by atoms with E-state index in [1.165, 1.54) is 55.9 Å². The van der Waals surface area contributed by atoms with Gasteiger partial charge in [0.05, 0.1) is 12.2 Å². The molecule has 178 valence electrons. The van der Waals surface area contributed by atoms with Gasteiger partial charge >= 0.3 is 0 Å². The molecule has 1 saturated heterocycles. The van der Waals surface area contributed by atoms with Gasteiger partial charge in [-0.3, -0.25) is 9.69 Å². The van der Waals surface area contributed by atoms with Crippen LogP contribution in [0.3, 0.4) is 0 Å². The van der Waals surface area contributed by atoms with Gasteiger partial charge in [-0.05, 0) is 67.7 Å². The van der Waals surface area contributed by atoms with Gasteiger partial charge in [-0.25, -0.2) is 9.50 Å². The molecule has 3 atom stereocenters. The Bertz CT molecular complexity index is 1440. The molecule has 0 spiro atoms. The van der Waals surface area contributed by atoms with E-state index in [9.17, 15) is 4.79 Å². The van der Waals surface area contributed by atoms with Gasteiger partial charge in [0.2, 0.25) is 5.91 Å². The fourth-order valence-corrected chi connectivity index (χ4v) is 8.05. The van der Waals surface area contributed by atoms with Gasteiger partial charge in [0.25, 0.3) is 0 Å². The summed E-state index contributed by atoms with van der Waals surface area (Å²) in [6.45, 7) is 12.6. The zero-order valence-corrected chi connectivity index (χ0v) is 21.3. The minimum absolute atomic E-state index is 0.219. The van der Waals surface area contributed by atoms with E-state index in [4.69, 9.17) is 5.73 Å². The summed E-state index contributed by atoms with van der Waals surface area (Å²) in [4.78, 5) is 24.9. The highest BCUT2D eigenvalue weighted by atomic mass is 32.1. The van der Waals surface area contributed by atoms with Crippen LogP contribution >= 0.6 is 11.3 Å². The first kappa shape index (κ1) is 21.8. The number of nitrogens with one attached hydrogen (secondary N) is 1. The van der Waals surface area contributed by atoms with Crippen LogP contribution in [0.5, 0.6) is 0 Å². The minimum atomic E-state index is -0.219. The average molecular weight is 477 g/mol. The number of nitrogens with zero attached hydrogens (tertiary/aromatic N) is 4. The van der Waals surface area contributed by atoms with Crippen molar-refractivity contribution in [1.82, 2.24) is 24.5 Å². The van der Waals surface area contributed by atoms with Gasteiger partial charge in [0.1, 0.15) is 11.2 Å². The van der Waals surface area contributed by atoms with Crippen LogP contribution in [0.2, 0.25) is 0 Å². The van der Waals surface area contributed by atoms with Crippen LogP contribution < -0.4 is 5.73 Å². The van der Waals surface area contributed by atoms with Crippen molar-refractivity contribution in [2.24, 2.45) is 11.7 Å². The second kappa shape index (κ2) is 7.65. The van der Waals surface area contributed by atoms with Crippen molar-refractivity contribution in [2.75, 3.05) is 13.1 Å². The fraction of sp³-hybridized carbons (Fsp3) is 0.500. The van der Waals surface area contributed by atoms with Crippen LogP contribution in [0, 0.1) is 26.7 Å². The second-order valence-electron chi connectivity index (χ2n) is 10.6. The molecule has 1 amide bonds. The number of hydrogen-bond acceptors (Lipinski definition) is 5. The molecular formula is C26H32N6OS. The lowest BCUT2D eigenvalue weighted by Crippen LogP contribution is -2.42. The van der Waals surface area contributed by atoms with E-state index in [1.54, 1.807) is 6.33 Å². The first-order chi connectivity index (χ1) is 16.2. The number of nitrogens with two attached hydrogens (primary N) is 1. The van der Waals surface area contributed by atoms with Crippen molar-refractivity contribution < 1.29 is 4.79 Å². The number of amides is 1. The van der Waals surface area contributed by atoms with E-state index in [2.05, 4.69) is 60.8 Å². The summed E-state index contributed by atoms with van der Waals surface area (Å²) < 4.78 is 1.89. The number of rotatable bonds is 5. The summed E-state index contributed by atoms with van der Waals surface area (Å²) in [7, 11) is 0. The molecular weight excluding hydrogens is 444 g/mol. The smallest absolute Gasteiger partial charge is 0.231 e. The standard InChI is InChI=1S/C26H32N6OS/c1-12(2)21-22-15(5)24(17-6-16-7-19(17)31(8-16)10-20(27)33)34-26(22)30-23(21)18-9-32-25(28-11-29-32)14(4)13(18)3/h9,11-12,16-17,19,30H,6-8,10H2,1-5H3,(H2,27,33)/t16-,17?,19-/m0/s1. The van der Waals surface area contributed by atoms with Crippen molar-refractivity contribution in [3.05, 3.63) is 39.7 Å². The van der Waals surface area contributed by atoms with Crippen molar-refractivity contribution >= 4 is 33.1 Å². The number of likely N-dealkylation sites (tertiary alicyclic amines) is 1. The molecule has 6 rings (SSSR count). The maximum atomic E-state index is 11.6. The molecule has 8 heteroatoms. The first-order valence-corrected chi connectivity index (χ1v) is 13.0. The minimum Gasteiger partial charge on any atom is -0.369 e. The Kier molecular flexibility index (Phi) is 4.90. The van der Waals surface area contributed by atoms with Crippen LogP contribution in [-0.2, 0) is 4.79 Å². The lowest BCUT2D eigenvalue weighted by molar-refractivity contribution is -0.119. The van der Waals surface area contributed by atoms with E-state index < -0.39 is 0 Å². The summed E-state index contributed by atoms with van der Waals surface area (Å²) in [5, 5.41) is 5.79. The van der Waals surface area contributed by atoms with Gasteiger partial charge in [-0.2, -0.15) is 5.10 Å². The van der Waals surface area contributed by atoms with Gasteiger partial charge < -0.3 is 10.7 Å². The zero-order chi connectivity index (χ0) is 23.9. The molecule has 1 unspecified atom stereocenters.